The Morgan fingerprint density at radius 3 is 2.63 bits per heavy atom. The Balaban J connectivity index is 2.00. The summed E-state index contributed by atoms with van der Waals surface area (Å²) in [6.07, 6.45) is -2.32. The Morgan fingerprint density at radius 1 is 1.42 bits per heavy atom. The first kappa shape index (κ1) is 14.3. The van der Waals surface area contributed by atoms with Gasteiger partial charge in [-0.3, -0.25) is 0 Å². The van der Waals surface area contributed by atoms with Crippen LogP contribution in [0.15, 0.2) is 18.2 Å². The van der Waals surface area contributed by atoms with Crippen molar-refractivity contribution < 1.29 is 18.3 Å². The second-order valence-electron chi connectivity index (χ2n) is 5.26. The largest absolute Gasteiger partial charge is 0.433 e. The smallest absolute Gasteiger partial charge is 0.385 e. The molecule has 1 fully saturated rings. The number of nitrogens with zero attached hydrogens (tertiary/aromatic N) is 1. The fourth-order valence-corrected chi connectivity index (χ4v) is 2.13. The van der Waals surface area contributed by atoms with E-state index in [9.17, 15) is 18.3 Å². The van der Waals surface area contributed by atoms with Crippen LogP contribution in [-0.4, -0.2) is 22.2 Å². The van der Waals surface area contributed by atoms with Crippen LogP contribution in [0.4, 0.5) is 13.2 Å². The molecule has 1 aromatic rings. The van der Waals surface area contributed by atoms with E-state index in [1.165, 1.54) is 12.1 Å². The van der Waals surface area contributed by atoms with Crippen molar-refractivity contribution in [2.24, 2.45) is 0 Å². The minimum Gasteiger partial charge on any atom is -0.385 e. The van der Waals surface area contributed by atoms with Crippen molar-refractivity contribution in [3.05, 3.63) is 29.6 Å². The van der Waals surface area contributed by atoms with Gasteiger partial charge in [0.2, 0.25) is 0 Å². The minimum absolute atomic E-state index is 0.00260. The molecule has 0 aromatic carbocycles. The first-order valence-corrected chi connectivity index (χ1v) is 6.27. The minimum atomic E-state index is -4.48. The van der Waals surface area contributed by atoms with Gasteiger partial charge in [-0.1, -0.05) is 6.07 Å². The molecule has 1 unspecified atom stereocenters. The standard InChI is InChI=1S/C13H17F3N2O/c1-12(6-3-7-12)17-8-10(19)9-4-2-5-11(18-9)13(14,15)16/h2,4-5,10,17,19H,3,6-8H2,1H3. The maximum absolute atomic E-state index is 12.5. The van der Waals surface area contributed by atoms with E-state index in [2.05, 4.69) is 10.3 Å². The lowest BCUT2D eigenvalue weighted by Crippen LogP contribution is -2.49. The van der Waals surface area contributed by atoms with Gasteiger partial charge < -0.3 is 10.4 Å². The molecular weight excluding hydrogens is 257 g/mol. The maximum Gasteiger partial charge on any atom is 0.433 e. The van der Waals surface area contributed by atoms with Gasteiger partial charge in [0.25, 0.3) is 0 Å². The number of hydrogen-bond donors (Lipinski definition) is 2. The number of alkyl halides is 3. The number of halogens is 3. The highest BCUT2D eigenvalue weighted by Gasteiger charge is 2.34. The molecule has 1 heterocycles. The predicted molar refractivity (Wildman–Crippen MR) is 64.5 cm³/mol. The van der Waals surface area contributed by atoms with Gasteiger partial charge in [0.05, 0.1) is 5.69 Å². The van der Waals surface area contributed by atoms with Crippen LogP contribution in [0.5, 0.6) is 0 Å². The molecule has 6 heteroatoms. The summed E-state index contributed by atoms with van der Waals surface area (Å²) in [4.78, 5) is 3.47. The third-order valence-corrected chi connectivity index (χ3v) is 3.58. The summed E-state index contributed by atoms with van der Waals surface area (Å²) < 4.78 is 37.5. The van der Waals surface area contributed by atoms with E-state index >= 15 is 0 Å². The Kier molecular flexibility index (Phi) is 3.82. The second-order valence-corrected chi connectivity index (χ2v) is 5.26. The average molecular weight is 274 g/mol. The van der Waals surface area contributed by atoms with Gasteiger partial charge in [-0.15, -0.1) is 0 Å². The number of aliphatic hydroxyl groups excluding tert-OH is 1. The highest BCUT2D eigenvalue weighted by atomic mass is 19.4. The molecule has 0 saturated heterocycles. The number of nitrogens with one attached hydrogen (secondary N) is 1. The molecule has 1 saturated carbocycles. The number of rotatable bonds is 4. The summed E-state index contributed by atoms with van der Waals surface area (Å²) in [6, 6.07) is 3.57. The van der Waals surface area contributed by atoms with Gasteiger partial charge in [0.15, 0.2) is 0 Å². The molecule has 1 aromatic heterocycles. The van der Waals surface area contributed by atoms with Gasteiger partial charge in [-0.25, -0.2) is 4.98 Å². The fraction of sp³-hybridized carbons (Fsp3) is 0.615. The van der Waals surface area contributed by atoms with Crippen molar-refractivity contribution in [1.82, 2.24) is 10.3 Å². The van der Waals surface area contributed by atoms with Crippen LogP contribution in [0, 0.1) is 0 Å². The van der Waals surface area contributed by atoms with Crippen LogP contribution < -0.4 is 5.32 Å². The van der Waals surface area contributed by atoms with Crippen molar-refractivity contribution in [3.8, 4) is 0 Å². The van der Waals surface area contributed by atoms with Crippen molar-refractivity contribution in [2.75, 3.05) is 6.54 Å². The Labute approximate surface area is 109 Å². The first-order valence-electron chi connectivity index (χ1n) is 6.27. The van der Waals surface area contributed by atoms with Gasteiger partial charge in [0.1, 0.15) is 11.8 Å². The second kappa shape index (κ2) is 5.09. The predicted octanol–water partition coefficient (Wildman–Crippen LogP) is 2.67. The van der Waals surface area contributed by atoms with Crippen LogP contribution >= 0.6 is 0 Å². The van der Waals surface area contributed by atoms with E-state index < -0.39 is 18.0 Å². The number of pyridine rings is 1. The van der Waals surface area contributed by atoms with Crippen molar-refractivity contribution >= 4 is 0 Å². The zero-order valence-electron chi connectivity index (χ0n) is 10.7. The molecule has 1 aliphatic rings. The zero-order chi connectivity index (χ0) is 14.1. The monoisotopic (exact) mass is 274 g/mol. The summed E-state index contributed by atoms with van der Waals surface area (Å²) >= 11 is 0. The highest BCUT2D eigenvalue weighted by molar-refractivity contribution is 5.15. The summed E-state index contributed by atoms with van der Waals surface area (Å²) in [5, 5.41) is 13.1. The summed E-state index contributed by atoms with van der Waals surface area (Å²) in [6.45, 7) is 2.26. The van der Waals surface area contributed by atoms with Crippen LogP contribution in [0.1, 0.15) is 43.7 Å². The molecular formula is C13H17F3N2O. The molecule has 0 aliphatic heterocycles. The van der Waals surface area contributed by atoms with Gasteiger partial charge in [-0.2, -0.15) is 13.2 Å². The van der Waals surface area contributed by atoms with Crippen molar-refractivity contribution in [3.63, 3.8) is 0 Å². The van der Waals surface area contributed by atoms with E-state index in [0.29, 0.717) is 0 Å². The Morgan fingerprint density at radius 2 is 2.11 bits per heavy atom. The first-order chi connectivity index (χ1) is 8.80. The Hall–Kier alpha value is -1.14. The lowest BCUT2D eigenvalue weighted by Gasteiger charge is -2.40. The number of β-amino-alcohol motifs (C(OH)–C–C–N with tert-alkyl or cyclic N) is 1. The van der Waals surface area contributed by atoms with Crippen LogP contribution in [0.25, 0.3) is 0 Å². The third kappa shape index (κ3) is 3.45. The molecule has 0 amide bonds. The van der Waals surface area contributed by atoms with E-state index in [0.717, 1.165) is 25.3 Å². The molecule has 2 N–H and O–H groups in total. The maximum atomic E-state index is 12.5. The van der Waals surface area contributed by atoms with E-state index in [1.54, 1.807) is 0 Å². The van der Waals surface area contributed by atoms with Crippen LogP contribution in [-0.2, 0) is 6.18 Å². The SMILES string of the molecule is CC1(NCC(O)c2cccc(C(F)(F)F)n2)CCC1. The van der Waals surface area contributed by atoms with Crippen molar-refractivity contribution in [2.45, 2.75) is 44.0 Å². The summed E-state index contributed by atoms with van der Waals surface area (Å²) in [5.41, 5.74) is -0.924. The molecule has 106 valence electrons. The normalized spacial score (nSPS) is 19.8. The average Bonchev–Trinajstić information content (AvgIpc) is 2.33. The topological polar surface area (TPSA) is 45.1 Å². The zero-order valence-corrected chi connectivity index (χ0v) is 10.7. The molecule has 2 rings (SSSR count). The highest BCUT2D eigenvalue weighted by Crippen LogP contribution is 2.31. The number of aromatic nitrogens is 1. The Bertz CT molecular complexity index is 444. The van der Waals surface area contributed by atoms with Crippen LogP contribution in [0.3, 0.4) is 0 Å². The van der Waals surface area contributed by atoms with E-state index in [-0.39, 0.29) is 17.8 Å². The lowest BCUT2D eigenvalue weighted by molar-refractivity contribution is -0.141. The molecule has 19 heavy (non-hydrogen) atoms. The van der Waals surface area contributed by atoms with Gasteiger partial charge in [0, 0.05) is 12.1 Å². The number of aliphatic hydroxyl groups is 1. The molecule has 1 aliphatic carbocycles. The van der Waals surface area contributed by atoms with Crippen molar-refractivity contribution in [1.29, 1.82) is 0 Å². The quantitative estimate of drug-likeness (QED) is 0.887. The fourth-order valence-electron chi connectivity index (χ4n) is 2.13. The number of hydrogen-bond acceptors (Lipinski definition) is 3. The van der Waals surface area contributed by atoms with Gasteiger partial charge >= 0.3 is 6.18 Å². The molecule has 0 bridgehead atoms. The molecule has 0 spiro atoms. The molecule has 3 nitrogen and oxygen atoms in total. The lowest BCUT2D eigenvalue weighted by atomic mass is 9.78. The van der Waals surface area contributed by atoms with E-state index in [4.69, 9.17) is 0 Å². The summed E-state index contributed by atoms with van der Waals surface area (Å²) in [5.74, 6) is 0. The molecule has 1 atom stereocenters. The molecule has 0 radical (unpaired) electrons. The summed E-state index contributed by atoms with van der Waals surface area (Å²) in [7, 11) is 0. The van der Waals surface area contributed by atoms with Crippen LogP contribution in [0.2, 0.25) is 0 Å². The third-order valence-electron chi connectivity index (χ3n) is 3.58. The van der Waals surface area contributed by atoms with Gasteiger partial charge in [-0.05, 0) is 38.3 Å². The van der Waals surface area contributed by atoms with E-state index in [1.807, 2.05) is 6.92 Å².